The highest BCUT2D eigenvalue weighted by molar-refractivity contribution is 5.91. The first-order valence-corrected chi connectivity index (χ1v) is 7.31. The van der Waals surface area contributed by atoms with Gasteiger partial charge in [-0.15, -0.1) is 0 Å². The molecule has 0 spiro atoms. The maximum Gasteiger partial charge on any atom is 0.329 e. The number of carboxylic acid groups (broad SMARTS) is 1. The molecule has 0 saturated heterocycles. The number of carboxylic acids is 1. The number of amides is 3. The largest absolute Gasteiger partial charge is 0.480 e. The summed E-state index contributed by atoms with van der Waals surface area (Å²) in [6, 6.07) is 0. The highest BCUT2D eigenvalue weighted by Crippen LogP contribution is 2.32. The van der Waals surface area contributed by atoms with Crippen molar-refractivity contribution in [3.63, 3.8) is 0 Å². The van der Waals surface area contributed by atoms with Gasteiger partial charge < -0.3 is 21.1 Å². The quantitative estimate of drug-likeness (QED) is 0.520. The zero-order valence-electron chi connectivity index (χ0n) is 12.9. The van der Waals surface area contributed by atoms with E-state index in [1.807, 2.05) is 0 Å². The Balaban J connectivity index is 2.46. The second kappa shape index (κ2) is 7.77. The highest BCUT2D eigenvalue weighted by Gasteiger charge is 2.42. The molecule has 0 aromatic rings. The van der Waals surface area contributed by atoms with Gasteiger partial charge in [-0.1, -0.05) is 6.92 Å². The van der Waals surface area contributed by atoms with Crippen LogP contribution in [0.1, 0.15) is 39.5 Å². The Bertz CT molecular complexity index is 455. The molecule has 0 unspecified atom stereocenters. The van der Waals surface area contributed by atoms with Crippen molar-refractivity contribution in [2.24, 2.45) is 5.92 Å². The van der Waals surface area contributed by atoms with Crippen LogP contribution in [0, 0.1) is 5.92 Å². The zero-order chi connectivity index (χ0) is 16.8. The average molecular weight is 313 g/mol. The van der Waals surface area contributed by atoms with Gasteiger partial charge in [-0.05, 0) is 31.6 Å². The van der Waals surface area contributed by atoms with Crippen LogP contribution in [0.3, 0.4) is 0 Å². The monoisotopic (exact) mass is 313 g/mol. The van der Waals surface area contributed by atoms with E-state index < -0.39 is 23.3 Å². The fourth-order valence-electron chi connectivity index (χ4n) is 2.40. The van der Waals surface area contributed by atoms with Crippen LogP contribution in [-0.2, 0) is 19.2 Å². The third-order valence-corrected chi connectivity index (χ3v) is 3.86. The van der Waals surface area contributed by atoms with Crippen LogP contribution < -0.4 is 16.0 Å². The van der Waals surface area contributed by atoms with Crippen LogP contribution in [0.5, 0.6) is 0 Å². The van der Waals surface area contributed by atoms with Crippen LogP contribution in [-0.4, -0.2) is 47.4 Å². The van der Waals surface area contributed by atoms with Crippen molar-refractivity contribution >= 4 is 23.7 Å². The molecule has 3 amide bonds. The lowest BCUT2D eigenvalue weighted by atomic mass is 9.77. The van der Waals surface area contributed by atoms with Gasteiger partial charge in [0, 0.05) is 6.92 Å². The summed E-state index contributed by atoms with van der Waals surface area (Å²) < 4.78 is 0. The van der Waals surface area contributed by atoms with Gasteiger partial charge in [0.15, 0.2) is 0 Å². The number of aliphatic carboxylic acids is 1. The smallest absolute Gasteiger partial charge is 0.329 e. The van der Waals surface area contributed by atoms with E-state index in [4.69, 9.17) is 0 Å². The average Bonchev–Trinajstić information content (AvgIpc) is 2.45. The number of carbonyl (C=O) groups excluding carboxylic acids is 3. The number of hydrogen-bond donors (Lipinski definition) is 4. The van der Waals surface area contributed by atoms with Crippen LogP contribution in [0.2, 0.25) is 0 Å². The van der Waals surface area contributed by atoms with Crippen molar-refractivity contribution < 1.29 is 24.3 Å². The Morgan fingerprint density at radius 1 is 1.05 bits per heavy atom. The number of carbonyl (C=O) groups is 4. The van der Waals surface area contributed by atoms with Crippen LogP contribution in [0.15, 0.2) is 0 Å². The lowest BCUT2D eigenvalue weighted by Gasteiger charge is -2.36. The molecule has 8 nitrogen and oxygen atoms in total. The summed E-state index contributed by atoms with van der Waals surface area (Å²) >= 11 is 0. The molecule has 8 heteroatoms. The second-order valence-corrected chi connectivity index (χ2v) is 5.80. The molecular weight excluding hydrogens is 290 g/mol. The standard InChI is InChI=1S/C14H23N3O5/c1-9-3-5-14(6-4-9,13(21)22)17-12(20)8-16-11(19)7-15-10(2)18/h9H,3-8H2,1-2H3,(H,15,18)(H,16,19)(H,17,20)(H,21,22). The van der Waals surface area contributed by atoms with Crippen molar-refractivity contribution in [2.45, 2.75) is 45.1 Å². The van der Waals surface area contributed by atoms with E-state index in [1.165, 1.54) is 6.92 Å². The van der Waals surface area contributed by atoms with Crippen molar-refractivity contribution in [1.29, 1.82) is 0 Å². The van der Waals surface area contributed by atoms with Gasteiger partial charge in [0.25, 0.3) is 0 Å². The van der Waals surface area contributed by atoms with Crippen molar-refractivity contribution in [3.8, 4) is 0 Å². The molecule has 0 heterocycles. The van der Waals surface area contributed by atoms with Crippen LogP contribution >= 0.6 is 0 Å². The predicted octanol–water partition coefficient (Wildman–Crippen LogP) is -0.612. The topological polar surface area (TPSA) is 125 Å². The van der Waals surface area contributed by atoms with Crippen LogP contribution in [0.4, 0.5) is 0 Å². The zero-order valence-corrected chi connectivity index (χ0v) is 12.9. The van der Waals surface area contributed by atoms with E-state index in [1.54, 1.807) is 0 Å². The summed E-state index contributed by atoms with van der Waals surface area (Å²) in [5.41, 5.74) is -1.24. The minimum absolute atomic E-state index is 0.218. The maximum atomic E-state index is 11.9. The van der Waals surface area contributed by atoms with E-state index in [9.17, 15) is 24.3 Å². The molecule has 1 aliphatic rings. The summed E-state index contributed by atoms with van der Waals surface area (Å²) in [6.45, 7) is 2.80. The number of nitrogens with one attached hydrogen (secondary N) is 3. The van der Waals surface area contributed by atoms with Crippen molar-refractivity contribution in [3.05, 3.63) is 0 Å². The summed E-state index contributed by atoms with van der Waals surface area (Å²) in [5.74, 6) is -2.00. The molecule has 124 valence electrons. The van der Waals surface area contributed by atoms with Gasteiger partial charge in [-0.25, -0.2) is 4.79 Å². The molecule has 1 rings (SSSR count). The molecule has 0 aliphatic heterocycles. The van der Waals surface area contributed by atoms with Crippen molar-refractivity contribution in [2.75, 3.05) is 13.1 Å². The molecule has 0 atom stereocenters. The molecule has 1 fully saturated rings. The first-order valence-electron chi connectivity index (χ1n) is 7.31. The first-order chi connectivity index (χ1) is 10.2. The summed E-state index contributed by atoms with van der Waals surface area (Å²) in [7, 11) is 0. The molecule has 0 radical (unpaired) electrons. The molecule has 0 bridgehead atoms. The molecule has 1 saturated carbocycles. The Kier molecular flexibility index (Phi) is 6.33. The minimum Gasteiger partial charge on any atom is -0.480 e. The minimum atomic E-state index is -1.24. The van der Waals surface area contributed by atoms with Crippen LogP contribution in [0.25, 0.3) is 0 Å². The van der Waals surface area contributed by atoms with E-state index in [2.05, 4.69) is 22.9 Å². The van der Waals surface area contributed by atoms with Crippen molar-refractivity contribution in [1.82, 2.24) is 16.0 Å². The fraction of sp³-hybridized carbons (Fsp3) is 0.714. The molecule has 0 aromatic carbocycles. The molecular formula is C14H23N3O5. The second-order valence-electron chi connectivity index (χ2n) is 5.80. The van der Waals surface area contributed by atoms with E-state index in [0.717, 1.165) is 12.8 Å². The van der Waals surface area contributed by atoms with Gasteiger partial charge >= 0.3 is 5.97 Å². The number of rotatable bonds is 6. The predicted molar refractivity (Wildman–Crippen MR) is 77.8 cm³/mol. The van der Waals surface area contributed by atoms with E-state index >= 15 is 0 Å². The normalized spacial score (nSPS) is 24.2. The Hall–Kier alpha value is -2.12. The Morgan fingerprint density at radius 2 is 1.59 bits per heavy atom. The molecule has 1 aliphatic carbocycles. The Labute approximate surface area is 129 Å². The lowest BCUT2D eigenvalue weighted by molar-refractivity contribution is -0.149. The van der Waals surface area contributed by atoms with Gasteiger partial charge in [-0.3, -0.25) is 14.4 Å². The van der Waals surface area contributed by atoms with Gasteiger partial charge in [-0.2, -0.15) is 0 Å². The third kappa shape index (κ3) is 5.34. The van der Waals surface area contributed by atoms with Gasteiger partial charge in [0.1, 0.15) is 5.54 Å². The SMILES string of the molecule is CC(=O)NCC(=O)NCC(=O)NC1(C(=O)O)CCC(C)CC1. The summed E-state index contributed by atoms with van der Waals surface area (Å²) in [6.07, 6.45) is 2.24. The van der Waals surface area contributed by atoms with Gasteiger partial charge in [0.2, 0.25) is 17.7 Å². The van der Waals surface area contributed by atoms with E-state index in [-0.39, 0.29) is 19.0 Å². The Morgan fingerprint density at radius 3 is 2.09 bits per heavy atom. The lowest BCUT2D eigenvalue weighted by Crippen LogP contribution is -2.58. The summed E-state index contributed by atoms with van der Waals surface area (Å²) in [4.78, 5) is 45.4. The highest BCUT2D eigenvalue weighted by atomic mass is 16.4. The summed E-state index contributed by atoms with van der Waals surface area (Å²) in [5, 5.41) is 16.6. The first kappa shape index (κ1) is 17.9. The fourth-order valence-corrected chi connectivity index (χ4v) is 2.40. The molecule has 22 heavy (non-hydrogen) atoms. The maximum absolute atomic E-state index is 11.9. The van der Waals surface area contributed by atoms with E-state index in [0.29, 0.717) is 18.8 Å². The molecule has 0 aromatic heterocycles. The number of hydrogen-bond acceptors (Lipinski definition) is 4. The third-order valence-electron chi connectivity index (χ3n) is 3.86. The van der Waals surface area contributed by atoms with Gasteiger partial charge in [0.05, 0.1) is 13.1 Å². The molecule has 4 N–H and O–H groups in total.